The van der Waals surface area contributed by atoms with Crippen molar-refractivity contribution in [3.05, 3.63) is 34.7 Å². The van der Waals surface area contributed by atoms with Gasteiger partial charge in [-0.2, -0.15) is 0 Å². The molecule has 16 heavy (non-hydrogen) atoms. The fourth-order valence-electron chi connectivity index (χ4n) is 1.65. The summed E-state index contributed by atoms with van der Waals surface area (Å²) < 4.78 is 24.3. The Morgan fingerprint density at radius 1 is 1.31 bits per heavy atom. The summed E-state index contributed by atoms with van der Waals surface area (Å²) in [6, 6.07) is 8.07. The highest BCUT2D eigenvalue weighted by atomic mass is 32.2. The Morgan fingerprint density at radius 2 is 2.06 bits per heavy atom. The molecule has 0 radical (unpaired) electrons. The summed E-state index contributed by atoms with van der Waals surface area (Å²) in [6.45, 7) is 3.74. The minimum atomic E-state index is -2.92. The van der Waals surface area contributed by atoms with Crippen LogP contribution in [-0.2, 0) is 15.6 Å². The van der Waals surface area contributed by atoms with Crippen molar-refractivity contribution in [1.82, 2.24) is 0 Å². The molecule has 2 aromatic rings. The lowest BCUT2D eigenvalue weighted by Gasteiger charge is -1.96. The molecule has 1 heterocycles. The molecule has 0 bridgehead atoms. The smallest absolute Gasteiger partial charge is 0.154 e. The summed E-state index contributed by atoms with van der Waals surface area (Å²) >= 11 is 1.59. The fourth-order valence-corrected chi connectivity index (χ4v) is 4.07. The van der Waals surface area contributed by atoms with Gasteiger partial charge in [0.2, 0.25) is 0 Å². The maximum absolute atomic E-state index is 11.5. The summed E-state index contributed by atoms with van der Waals surface area (Å²) in [6.07, 6.45) is 0. The van der Waals surface area contributed by atoms with Crippen molar-refractivity contribution in [2.75, 3.05) is 5.75 Å². The zero-order valence-electron chi connectivity index (χ0n) is 9.36. The van der Waals surface area contributed by atoms with Gasteiger partial charge >= 0.3 is 0 Å². The second-order valence-corrected chi connectivity index (χ2v) is 7.37. The van der Waals surface area contributed by atoms with Gasteiger partial charge in [-0.1, -0.05) is 25.1 Å². The van der Waals surface area contributed by atoms with Crippen molar-refractivity contribution in [3.63, 3.8) is 0 Å². The van der Waals surface area contributed by atoms with Crippen molar-refractivity contribution in [3.8, 4) is 0 Å². The molecular weight excluding hydrogens is 240 g/mol. The molecule has 86 valence electrons. The molecule has 4 heteroatoms. The van der Waals surface area contributed by atoms with Crippen LogP contribution in [0.5, 0.6) is 0 Å². The topological polar surface area (TPSA) is 34.1 Å². The second kappa shape index (κ2) is 4.18. The zero-order chi connectivity index (χ0) is 11.8. The van der Waals surface area contributed by atoms with Crippen LogP contribution >= 0.6 is 11.3 Å². The van der Waals surface area contributed by atoms with E-state index in [-0.39, 0.29) is 11.5 Å². The SMILES string of the molecule is CCS(=O)(=O)Cc1cc2cccc(C)c2s1. The van der Waals surface area contributed by atoms with E-state index in [2.05, 4.69) is 13.0 Å². The number of benzene rings is 1. The number of aryl methyl sites for hydroxylation is 1. The Labute approximate surface area is 99.8 Å². The van der Waals surface area contributed by atoms with Crippen LogP contribution < -0.4 is 0 Å². The molecule has 0 unspecified atom stereocenters. The molecular formula is C12H14O2S2. The number of thiophene rings is 1. The van der Waals surface area contributed by atoms with Crippen molar-refractivity contribution in [2.24, 2.45) is 0 Å². The molecule has 0 amide bonds. The van der Waals surface area contributed by atoms with E-state index in [4.69, 9.17) is 0 Å². The van der Waals surface area contributed by atoms with Gasteiger partial charge in [0.15, 0.2) is 9.84 Å². The molecule has 1 aromatic carbocycles. The van der Waals surface area contributed by atoms with Gasteiger partial charge in [-0.25, -0.2) is 8.42 Å². The highest BCUT2D eigenvalue weighted by Gasteiger charge is 2.12. The van der Waals surface area contributed by atoms with Crippen LogP contribution in [0.1, 0.15) is 17.4 Å². The van der Waals surface area contributed by atoms with Crippen molar-refractivity contribution < 1.29 is 8.42 Å². The average molecular weight is 254 g/mol. The summed E-state index contributed by atoms with van der Waals surface area (Å²) in [5, 5.41) is 1.14. The number of sulfone groups is 1. The molecule has 0 spiro atoms. The molecule has 0 aliphatic carbocycles. The molecule has 0 fully saturated rings. The predicted molar refractivity (Wildman–Crippen MR) is 69.7 cm³/mol. The highest BCUT2D eigenvalue weighted by molar-refractivity contribution is 7.90. The van der Waals surface area contributed by atoms with Crippen LogP contribution in [0.25, 0.3) is 10.1 Å². The normalized spacial score (nSPS) is 12.1. The summed E-state index contributed by atoms with van der Waals surface area (Å²) in [5.41, 5.74) is 1.21. The number of fused-ring (bicyclic) bond motifs is 1. The van der Waals surface area contributed by atoms with Crippen molar-refractivity contribution in [1.29, 1.82) is 0 Å². The van der Waals surface area contributed by atoms with Crippen LogP contribution in [0.3, 0.4) is 0 Å². The van der Waals surface area contributed by atoms with E-state index in [1.165, 1.54) is 10.3 Å². The van der Waals surface area contributed by atoms with E-state index < -0.39 is 9.84 Å². The van der Waals surface area contributed by atoms with Crippen LogP contribution in [0.15, 0.2) is 24.3 Å². The molecule has 2 rings (SSSR count). The Bertz CT molecular complexity index is 609. The maximum atomic E-state index is 11.5. The summed E-state index contributed by atoms with van der Waals surface area (Å²) in [7, 11) is -2.92. The Morgan fingerprint density at radius 3 is 2.69 bits per heavy atom. The second-order valence-electron chi connectivity index (χ2n) is 3.88. The van der Waals surface area contributed by atoms with Gasteiger partial charge in [-0.05, 0) is 23.9 Å². The van der Waals surface area contributed by atoms with Crippen LogP contribution in [0.2, 0.25) is 0 Å². The molecule has 0 saturated heterocycles. The highest BCUT2D eigenvalue weighted by Crippen LogP contribution is 2.29. The predicted octanol–water partition coefficient (Wildman–Crippen LogP) is 3.14. The van der Waals surface area contributed by atoms with E-state index in [1.54, 1.807) is 18.3 Å². The lowest BCUT2D eigenvalue weighted by Crippen LogP contribution is -2.04. The molecule has 0 saturated carbocycles. The summed E-state index contributed by atoms with van der Waals surface area (Å²) in [5.74, 6) is 0.377. The van der Waals surface area contributed by atoms with E-state index in [1.807, 2.05) is 18.2 Å². The molecule has 2 nitrogen and oxygen atoms in total. The van der Waals surface area contributed by atoms with E-state index in [0.29, 0.717) is 0 Å². The first-order valence-electron chi connectivity index (χ1n) is 5.20. The Hall–Kier alpha value is -0.870. The quantitative estimate of drug-likeness (QED) is 0.843. The van der Waals surface area contributed by atoms with Crippen LogP contribution in [0.4, 0.5) is 0 Å². The summed E-state index contributed by atoms with van der Waals surface area (Å²) in [4.78, 5) is 0.936. The Balaban J connectivity index is 2.45. The van der Waals surface area contributed by atoms with E-state index in [0.717, 1.165) is 10.3 Å². The molecule has 1 aromatic heterocycles. The molecule has 0 aliphatic heterocycles. The van der Waals surface area contributed by atoms with Crippen LogP contribution in [-0.4, -0.2) is 14.2 Å². The lowest BCUT2D eigenvalue weighted by atomic mass is 10.2. The van der Waals surface area contributed by atoms with E-state index >= 15 is 0 Å². The largest absolute Gasteiger partial charge is 0.228 e. The van der Waals surface area contributed by atoms with Gasteiger partial charge < -0.3 is 0 Å². The maximum Gasteiger partial charge on any atom is 0.154 e. The third-order valence-electron chi connectivity index (χ3n) is 2.59. The van der Waals surface area contributed by atoms with Gasteiger partial charge in [0.25, 0.3) is 0 Å². The lowest BCUT2D eigenvalue weighted by molar-refractivity contribution is 0.597. The molecule has 0 aliphatic rings. The van der Waals surface area contributed by atoms with E-state index in [9.17, 15) is 8.42 Å². The van der Waals surface area contributed by atoms with Gasteiger partial charge in [0.05, 0.1) is 5.75 Å². The number of hydrogen-bond acceptors (Lipinski definition) is 3. The first-order chi connectivity index (χ1) is 7.52. The molecule has 0 atom stereocenters. The minimum Gasteiger partial charge on any atom is -0.228 e. The first-order valence-corrected chi connectivity index (χ1v) is 7.84. The first kappa shape index (κ1) is 11.6. The molecule has 0 N–H and O–H groups in total. The zero-order valence-corrected chi connectivity index (χ0v) is 11.0. The number of rotatable bonds is 3. The Kier molecular flexibility index (Phi) is 3.04. The third-order valence-corrected chi connectivity index (χ3v) is 5.69. The van der Waals surface area contributed by atoms with Crippen molar-refractivity contribution in [2.45, 2.75) is 19.6 Å². The van der Waals surface area contributed by atoms with Crippen molar-refractivity contribution >= 4 is 31.3 Å². The fraction of sp³-hybridized carbons (Fsp3) is 0.333. The van der Waals surface area contributed by atoms with Gasteiger partial charge in [0, 0.05) is 15.3 Å². The number of hydrogen-bond donors (Lipinski definition) is 0. The third kappa shape index (κ3) is 2.28. The van der Waals surface area contributed by atoms with Crippen LogP contribution in [0, 0.1) is 6.92 Å². The average Bonchev–Trinajstić information content (AvgIpc) is 2.61. The van der Waals surface area contributed by atoms with Gasteiger partial charge in [-0.15, -0.1) is 11.3 Å². The standard InChI is InChI=1S/C12H14O2S2/c1-3-16(13,14)8-11-7-10-6-4-5-9(2)12(10)15-11/h4-7H,3,8H2,1-2H3. The van der Waals surface area contributed by atoms with Gasteiger partial charge in [0.1, 0.15) is 0 Å². The minimum absolute atomic E-state index is 0.169. The van der Waals surface area contributed by atoms with Gasteiger partial charge in [-0.3, -0.25) is 0 Å². The monoisotopic (exact) mass is 254 g/mol.